The van der Waals surface area contributed by atoms with Crippen LogP contribution in [0.3, 0.4) is 0 Å². The third-order valence-electron chi connectivity index (χ3n) is 4.57. The Morgan fingerprint density at radius 1 is 1.06 bits per heavy atom. The lowest BCUT2D eigenvalue weighted by Gasteiger charge is -2.14. The first-order valence-electron chi connectivity index (χ1n) is 10.5. The zero-order valence-corrected chi connectivity index (χ0v) is 18.2. The van der Waals surface area contributed by atoms with Crippen molar-refractivity contribution < 1.29 is 9.47 Å². The number of benzene rings is 2. The van der Waals surface area contributed by atoms with E-state index in [9.17, 15) is 0 Å². The fraction of sp³-hybridized carbons (Fsp3) is 0.304. The van der Waals surface area contributed by atoms with Gasteiger partial charge in [0.25, 0.3) is 0 Å². The number of rotatable bonds is 8. The van der Waals surface area contributed by atoms with E-state index >= 15 is 0 Å². The monoisotopic (exact) mass is 437 g/mol. The molecule has 7 nitrogen and oxygen atoms in total. The van der Waals surface area contributed by atoms with Crippen molar-refractivity contribution in [1.82, 2.24) is 15.1 Å². The van der Waals surface area contributed by atoms with Gasteiger partial charge in [0, 0.05) is 47.8 Å². The van der Waals surface area contributed by atoms with Crippen LogP contribution in [0.4, 0.5) is 5.69 Å². The van der Waals surface area contributed by atoms with Crippen molar-refractivity contribution in [3.05, 3.63) is 67.0 Å². The summed E-state index contributed by atoms with van der Waals surface area (Å²) in [5.74, 6) is 3.21. The number of ether oxygens (including phenoxy) is 2. The van der Waals surface area contributed by atoms with Gasteiger partial charge in [-0.1, -0.05) is 18.2 Å². The van der Waals surface area contributed by atoms with Gasteiger partial charge in [-0.3, -0.25) is 9.67 Å². The number of anilines is 1. The summed E-state index contributed by atoms with van der Waals surface area (Å²) in [6.07, 6.45) is 4.61. The van der Waals surface area contributed by atoms with E-state index < -0.39 is 0 Å². The summed E-state index contributed by atoms with van der Waals surface area (Å²) in [5.41, 5.74) is 0.908. The van der Waals surface area contributed by atoms with Crippen LogP contribution in [0.2, 0.25) is 0 Å². The Balaban J connectivity index is 1.37. The molecule has 0 aliphatic carbocycles. The van der Waals surface area contributed by atoms with E-state index in [0.717, 1.165) is 48.4 Å². The molecular weight excluding hydrogens is 410 g/mol. The Kier molecular flexibility index (Phi) is 7.71. The summed E-state index contributed by atoms with van der Waals surface area (Å²) in [7, 11) is 0. The SMILES string of the molecule is c1ccc(SCCNC(=NCCn2cccn2)Nc2ccc3c(c2)OCCCO3)cc1. The molecular formula is C23H27N5O2S. The van der Waals surface area contributed by atoms with Crippen LogP contribution in [-0.2, 0) is 6.54 Å². The van der Waals surface area contributed by atoms with Crippen molar-refractivity contribution in [3.63, 3.8) is 0 Å². The van der Waals surface area contributed by atoms with E-state index in [0.29, 0.717) is 19.8 Å². The average Bonchev–Trinajstić information content (AvgIpc) is 3.21. The first-order valence-corrected chi connectivity index (χ1v) is 11.5. The van der Waals surface area contributed by atoms with Crippen molar-refractivity contribution in [3.8, 4) is 11.5 Å². The lowest BCUT2D eigenvalue weighted by molar-refractivity contribution is 0.297. The Morgan fingerprint density at radius 3 is 2.77 bits per heavy atom. The molecule has 1 aliphatic rings. The van der Waals surface area contributed by atoms with Crippen molar-refractivity contribution in [2.75, 3.05) is 37.4 Å². The van der Waals surface area contributed by atoms with Gasteiger partial charge < -0.3 is 20.1 Å². The number of guanidine groups is 1. The second-order valence-corrected chi connectivity index (χ2v) is 8.09. The fourth-order valence-corrected chi connectivity index (χ4v) is 3.86. The van der Waals surface area contributed by atoms with Crippen LogP contribution >= 0.6 is 11.8 Å². The maximum absolute atomic E-state index is 5.81. The second kappa shape index (κ2) is 11.3. The molecule has 0 radical (unpaired) electrons. The smallest absolute Gasteiger partial charge is 0.195 e. The number of nitrogens with one attached hydrogen (secondary N) is 2. The number of hydrogen-bond acceptors (Lipinski definition) is 5. The molecule has 2 aromatic carbocycles. The van der Waals surface area contributed by atoms with E-state index in [1.807, 2.05) is 53.0 Å². The van der Waals surface area contributed by atoms with Crippen molar-refractivity contribution in [1.29, 1.82) is 0 Å². The Hall–Kier alpha value is -3.13. The van der Waals surface area contributed by atoms with Gasteiger partial charge in [-0.25, -0.2) is 0 Å². The maximum Gasteiger partial charge on any atom is 0.195 e. The standard InChI is InChI=1S/C23H27N5O2S/c1-2-6-20(7-3-1)31-17-12-25-23(24-11-14-28-13-4-10-26-28)27-19-8-9-21-22(18-19)30-16-5-15-29-21/h1-4,6-10,13,18H,5,11-12,14-17H2,(H2,24,25,27). The van der Waals surface area contributed by atoms with Crippen LogP contribution in [0.1, 0.15) is 6.42 Å². The van der Waals surface area contributed by atoms with Gasteiger partial charge in [0.2, 0.25) is 0 Å². The predicted molar refractivity (Wildman–Crippen MR) is 125 cm³/mol. The van der Waals surface area contributed by atoms with Crippen molar-refractivity contribution in [2.45, 2.75) is 17.9 Å². The minimum atomic E-state index is 0.618. The van der Waals surface area contributed by atoms with Crippen LogP contribution in [0, 0.1) is 0 Å². The molecule has 162 valence electrons. The van der Waals surface area contributed by atoms with E-state index in [1.165, 1.54) is 4.90 Å². The highest BCUT2D eigenvalue weighted by atomic mass is 32.2. The predicted octanol–water partition coefficient (Wildman–Crippen LogP) is 3.89. The lowest BCUT2D eigenvalue weighted by Crippen LogP contribution is -2.33. The van der Waals surface area contributed by atoms with Crippen molar-refractivity contribution >= 4 is 23.4 Å². The molecule has 4 rings (SSSR count). The fourth-order valence-electron chi connectivity index (χ4n) is 3.07. The highest BCUT2D eigenvalue weighted by molar-refractivity contribution is 7.99. The number of nitrogens with zero attached hydrogens (tertiary/aromatic N) is 3. The summed E-state index contributed by atoms with van der Waals surface area (Å²) >= 11 is 1.82. The summed E-state index contributed by atoms with van der Waals surface area (Å²) in [4.78, 5) is 5.98. The zero-order valence-electron chi connectivity index (χ0n) is 17.4. The molecule has 1 aromatic heterocycles. The average molecular weight is 438 g/mol. The summed E-state index contributed by atoms with van der Waals surface area (Å²) in [6.45, 7) is 3.47. The Morgan fingerprint density at radius 2 is 1.94 bits per heavy atom. The van der Waals surface area contributed by atoms with Crippen LogP contribution in [0.5, 0.6) is 11.5 Å². The molecule has 0 saturated heterocycles. The van der Waals surface area contributed by atoms with Crippen LogP contribution in [0.15, 0.2) is 76.9 Å². The largest absolute Gasteiger partial charge is 0.490 e. The van der Waals surface area contributed by atoms with Crippen LogP contribution in [0.25, 0.3) is 0 Å². The first kappa shape index (κ1) is 21.1. The van der Waals surface area contributed by atoms with Gasteiger partial charge in [0.05, 0.1) is 26.3 Å². The molecule has 0 amide bonds. The van der Waals surface area contributed by atoms with E-state index in [4.69, 9.17) is 14.5 Å². The molecule has 8 heteroatoms. The van der Waals surface area contributed by atoms with Crippen molar-refractivity contribution in [2.24, 2.45) is 4.99 Å². The minimum absolute atomic E-state index is 0.618. The van der Waals surface area contributed by atoms with Gasteiger partial charge in [0.1, 0.15) is 0 Å². The first-order chi connectivity index (χ1) is 15.4. The molecule has 0 saturated carbocycles. The van der Waals surface area contributed by atoms with E-state index in [-0.39, 0.29) is 0 Å². The summed E-state index contributed by atoms with van der Waals surface area (Å²) < 4.78 is 13.4. The second-order valence-electron chi connectivity index (χ2n) is 6.92. The highest BCUT2D eigenvalue weighted by Gasteiger charge is 2.11. The van der Waals surface area contributed by atoms with E-state index in [2.05, 4.69) is 40.0 Å². The van der Waals surface area contributed by atoms with Gasteiger partial charge >= 0.3 is 0 Å². The zero-order chi connectivity index (χ0) is 21.1. The normalized spacial score (nSPS) is 13.5. The van der Waals surface area contributed by atoms with Gasteiger partial charge in [-0.2, -0.15) is 5.10 Å². The molecule has 0 atom stereocenters. The third kappa shape index (κ3) is 6.68. The number of aliphatic imine (C=N–C) groups is 1. The maximum atomic E-state index is 5.81. The molecule has 0 spiro atoms. The Bertz CT molecular complexity index is 963. The topological polar surface area (TPSA) is 72.7 Å². The number of aromatic nitrogens is 2. The number of hydrogen-bond donors (Lipinski definition) is 2. The highest BCUT2D eigenvalue weighted by Crippen LogP contribution is 2.32. The molecule has 1 aliphatic heterocycles. The molecule has 0 fully saturated rings. The molecule has 0 bridgehead atoms. The quantitative estimate of drug-likeness (QED) is 0.241. The van der Waals surface area contributed by atoms with Gasteiger partial charge in [-0.05, 0) is 30.3 Å². The Labute approximate surface area is 186 Å². The summed E-state index contributed by atoms with van der Waals surface area (Å²) in [5, 5.41) is 11.1. The number of thioether (sulfide) groups is 1. The van der Waals surface area contributed by atoms with E-state index in [1.54, 1.807) is 6.20 Å². The lowest BCUT2D eigenvalue weighted by atomic mass is 10.3. The van der Waals surface area contributed by atoms with Crippen LogP contribution < -0.4 is 20.1 Å². The minimum Gasteiger partial charge on any atom is -0.490 e. The van der Waals surface area contributed by atoms with Crippen LogP contribution in [-0.4, -0.2) is 47.8 Å². The van der Waals surface area contributed by atoms with Gasteiger partial charge in [-0.15, -0.1) is 11.8 Å². The molecule has 2 heterocycles. The number of fused-ring (bicyclic) bond motifs is 1. The van der Waals surface area contributed by atoms with Gasteiger partial charge in [0.15, 0.2) is 17.5 Å². The molecule has 31 heavy (non-hydrogen) atoms. The molecule has 3 aromatic rings. The molecule has 0 unspecified atom stereocenters. The summed E-state index contributed by atoms with van der Waals surface area (Å²) in [6, 6.07) is 18.2. The molecule has 2 N–H and O–H groups in total. The third-order valence-corrected chi connectivity index (χ3v) is 5.59.